The SMILES string of the molecule is Cc1ncccc1NC(C)c1ccc(OC(F)(F)F)cc1. The van der Waals surface area contributed by atoms with Gasteiger partial charge < -0.3 is 10.1 Å². The highest BCUT2D eigenvalue weighted by atomic mass is 19.4. The number of hydrogen-bond acceptors (Lipinski definition) is 3. The number of hydrogen-bond donors (Lipinski definition) is 1. The molecule has 3 nitrogen and oxygen atoms in total. The Bertz CT molecular complexity index is 597. The van der Waals surface area contributed by atoms with E-state index in [9.17, 15) is 13.2 Å². The van der Waals surface area contributed by atoms with Gasteiger partial charge >= 0.3 is 6.36 Å². The molecule has 0 saturated heterocycles. The van der Waals surface area contributed by atoms with E-state index in [1.165, 1.54) is 12.1 Å². The third-order valence-electron chi connectivity index (χ3n) is 2.99. The van der Waals surface area contributed by atoms with E-state index in [4.69, 9.17) is 0 Å². The number of pyridine rings is 1. The Morgan fingerprint density at radius 3 is 2.38 bits per heavy atom. The predicted octanol–water partition coefficient (Wildman–Crippen LogP) is 4.46. The summed E-state index contributed by atoms with van der Waals surface area (Å²) < 4.78 is 40.1. The smallest absolute Gasteiger partial charge is 0.406 e. The zero-order valence-electron chi connectivity index (χ0n) is 11.6. The molecule has 0 amide bonds. The minimum Gasteiger partial charge on any atom is -0.406 e. The van der Waals surface area contributed by atoms with Crippen molar-refractivity contribution in [1.29, 1.82) is 0 Å². The molecule has 1 aromatic carbocycles. The lowest BCUT2D eigenvalue weighted by Crippen LogP contribution is -2.17. The Morgan fingerprint density at radius 2 is 1.81 bits per heavy atom. The normalized spacial score (nSPS) is 12.8. The van der Waals surface area contributed by atoms with Gasteiger partial charge in [0, 0.05) is 12.2 Å². The second-order valence-electron chi connectivity index (χ2n) is 4.62. The molecule has 6 heteroatoms. The van der Waals surface area contributed by atoms with Crippen LogP contribution in [0.4, 0.5) is 18.9 Å². The van der Waals surface area contributed by atoms with Crippen LogP contribution in [-0.2, 0) is 0 Å². The maximum atomic E-state index is 12.1. The molecule has 0 saturated carbocycles. The molecule has 1 N–H and O–H groups in total. The van der Waals surface area contributed by atoms with Crippen molar-refractivity contribution >= 4 is 5.69 Å². The standard InChI is InChI=1S/C15H15F3N2O/c1-10(20-14-4-3-9-19-11(14)2)12-5-7-13(8-6-12)21-15(16,17)18/h3-10,20H,1-2H3. The third-order valence-corrected chi connectivity index (χ3v) is 2.99. The predicted molar refractivity (Wildman–Crippen MR) is 74.1 cm³/mol. The molecule has 1 heterocycles. The van der Waals surface area contributed by atoms with Gasteiger partial charge in [-0.05, 0) is 43.7 Å². The highest BCUT2D eigenvalue weighted by Crippen LogP contribution is 2.26. The van der Waals surface area contributed by atoms with Crippen LogP contribution in [0, 0.1) is 6.92 Å². The highest BCUT2D eigenvalue weighted by molar-refractivity contribution is 5.48. The van der Waals surface area contributed by atoms with E-state index >= 15 is 0 Å². The van der Waals surface area contributed by atoms with Gasteiger partial charge in [0.2, 0.25) is 0 Å². The van der Waals surface area contributed by atoms with Crippen LogP contribution in [0.15, 0.2) is 42.6 Å². The van der Waals surface area contributed by atoms with Crippen LogP contribution in [0.2, 0.25) is 0 Å². The summed E-state index contributed by atoms with van der Waals surface area (Å²) in [7, 11) is 0. The largest absolute Gasteiger partial charge is 0.573 e. The second kappa shape index (κ2) is 6.03. The van der Waals surface area contributed by atoms with Crippen LogP contribution < -0.4 is 10.1 Å². The number of nitrogens with one attached hydrogen (secondary N) is 1. The summed E-state index contributed by atoms with van der Waals surface area (Å²) in [6.07, 6.45) is -2.97. The molecule has 0 radical (unpaired) electrons. The topological polar surface area (TPSA) is 34.2 Å². The molecule has 0 fully saturated rings. The van der Waals surface area contributed by atoms with E-state index in [2.05, 4.69) is 15.0 Å². The average Bonchev–Trinajstić information content (AvgIpc) is 2.40. The summed E-state index contributed by atoms with van der Waals surface area (Å²) in [5, 5.41) is 3.27. The number of halogens is 3. The lowest BCUT2D eigenvalue weighted by atomic mass is 10.1. The minimum absolute atomic E-state index is 0.0622. The summed E-state index contributed by atoms with van der Waals surface area (Å²) in [5.41, 5.74) is 2.61. The minimum atomic E-state index is -4.67. The summed E-state index contributed by atoms with van der Waals surface area (Å²) in [6.45, 7) is 3.81. The van der Waals surface area contributed by atoms with Crippen LogP contribution in [-0.4, -0.2) is 11.3 Å². The molecule has 1 atom stereocenters. The van der Waals surface area contributed by atoms with Gasteiger partial charge in [-0.1, -0.05) is 12.1 Å². The first-order valence-corrected chi connectivity index (χ1v) is 6.39. The maximum Gasteiger partial charge on any atom is 0.573 e. The van der Waals surface area contributed by atoms with E-state index in [0.717, 1.165) is 16.9 Å². The Kier molecular flexibility index (Phi) is 4.35. The summed E-state index contributed by atoms with van der Waals surface area (Å²) in [4.78, 5) is 4.17. The number of alkyl halides is 3. The van der Waals surface area contributed by atoms with Gasteiger partial charge in [0.15, 0.2) is 0 Å². The monoisotopic (exact) mass is 296 g/mol. The zero-order valence-corrected chi connectivity index (χ0v) is 11.6. The molecule has 112 valence electrons. The Hall–Kier alpha value is -2.24. The Morgan fingerprint density at radius 1 is 1.14 bits per heavy atom. The van der Waals surface area contributed by atoms with E-state index in [1.807, 2.05) is 26.0 Å². The average molecular weight is 296 g/mol. The fourth-order valence-electron chi connectivity index (χ4n) is 1.91. The molecule has 2 aromatic rings. The van der Waals surface area contributed by atoms with Crippen LogP contribution in [0.3, 0.4) is 0 Å². The number of aromatic nitrogens is 1. The van der Waals surface area contributed by atoms with Gasteiger partial charge in [-0.2, -0.15) is 0 Å². The molecule has 0 aliphatic carbocycles. The lowest BCUT2D eigenvalue weighted by Gasteiger charge is -2.17. The summed E-state index contributed by atoms with van der Waals surface area (Å²) in [6, 6.07) is 9.47. The number of nitrogens with zero attached hydrogens (tertiary/aromatic N) is 1. The van der Waals surface area contributed by atoms with Crippen molar-refractivity contribution < 1.29 is 17.9 Å². The quantitative estimate of drug-likeness (QED) is 0.904. The molecule has 0 aliphatic rings. The van der Waals surface area contributed by atoms with Crippen molar-refractivity contribution in [3.05, 3.63) is 53.9 Å². The molecule has 0 bridgehead atoms. The van der Waals surface area contributed by atoms with E-state index in [-0.39, 0.29) is 11.8 Å². The highest BCUT2D eigenvalue weighted by Gasteiger charge is 2.31. The first kappa shape index (κ1) is 15.2. The van der Waals surface area contributed by atoms with Gasteiger partial charge in [-0.25, -0.2) is 0 Å². The Balaban J connectivity index is 2.06. The second-order valence-corrected chi connectivity index (χ2v) is 4.62. The summed E-state index contributed by atoms with van der Waals surface area (Å²) in [5.74, 6) is -0.226. The molecule has 0 aliphatic heterocycles. The van der Waals surface area contributed by atoms with E-state index in [1.54, 1.807) is 18.3 Å². The van der Waals surface area contributed by atoms with Crippen molar-refractivity contribution in [2.75, 3.05) is 5.32 Å². The number of ether oxygens (including phenoxy) is 1. The van der Waals surface area contributed by atoms with Crippen LogP contribution in [0.1, 0.15) is 24.2 Å². The fourth-order valence-corrected chi connectivity index (χ4v) is 1.91. The summed E-state index contributed by atoms with van der Waals surface area (Å²) >= 11 is 0. The van der Waals surface area contributed by atoms with Crippen molar-refractivity contribution in [1.82, 2.24) is 4.98 Å². The van der Waals surface area contributed by atoms with Crippen molar-refractivity contribution in [3.63, 3.8) is 0 Å². The van der Waals surface area contributed by atoms with Crippen molar-refractivity contribution in [2.24, 2.45) is 0 Å². The first-order chi connectivity index (χ1) is 9.85. The molecule has 21 heavy (non-hydrogen) atoms. The van der Waals surface area contributed by atoms with Crippen LogP contribution in [0.25, 0.3) is 0 Å². The molecular weight excluding hydrogens is 281 g/mol. The fraction of sp³-hybridized carbons (Fsp3) is 0.267. The molecular formula is C15H15F3N2O. The lowest BCUT2D eigenvalue weighted by molar-refractivity contribution is -0.274. The van der Waals surface area contributed by atoms with Crippen molar-refractivity contribution in [2.45, 2.75) is 26.3 Å². The molecule has 0 spiro atoms. The van der Waals surface area contributed by atoms with Crippen LogP contribution >= 0.6 is 0 Å². The number of anilines is 1. The number of benzene rings is 1. The van der Waals surface area contributed by atoms with Gasteiger partial charge in [-0.3, -0.25) is 4.98 Å². The molecule has 1 unspecified atom stereocenters. The van der Waals surface area contributed by atoms with Gasteiger partial charge in [0.1, 0.15) is 5.75 Å². The zero-order chi connectivity index (χ0) is 15.5. The van der Waals surface area contributed by atoms with Crippen LogP contribution in [0.5, 0.6) is 5.75 Å². The van der Waals surface area contributed by atoms with Gasteiger partial charge in [-0.15, -0.1) is 13.2 Å². The maximum absolute atomic E-state index is 12.1. The van der Waals surface area contributed by atoms with E-state index in [0.29, 0.717) is 0 Å². The first-order valence-electron chi connectivity index (χ1n) is 6.39. The Labute approximate surface area is 120 Å². The third kappa shape index (κ3) is 4.37. The molecule has 1 aromatic heterocycles. The van der Waals surface area contributed by atoms with E-state index < -0.39 is 6.36 Å². The van der Waals surface area contributed by atoms with Crippen molar-refractivity contribution in [3.8, 4) is 5.75 Å². The van der Waals surface area contributed by atoms with Gasteiger partial charge in [0.25, 0.3) is 0 Å². The number of rotatable bonds is 4. The number of aryl methyl sites for hydroxylation is 1. The van der Waals surface area contributed by atoms with Gasteiger partial charge in [0.05, 0.1) is 11.4 Å². The molecule has 2 rings (SSSR count).